The van der Waals surface area contributed by atoms with Gasteiger partial charge in [0.15, 0.2) is 0 Å². The van der Waals surface area contributed by atoms with Crippen LogP contribution in [0, 0.1) is 0 Å². The SMILES string of the molecule is CCC(CN1CCCC1=O)S(=O)CC. The monoisotopic (exact) mass is 217 g/mol. The summed E-state index contributed by atoms with van der Waals surface area (Å²) in [5.41, 5.74) is 0. The zero-order valence-electron chi connectivity index (χ0n) is 8.99. The summed E-state index contributed by atoms with van der Waals surface area (Å²) in [4.78, 5) is 13.2. The molecule has 2 unspecified atom stereocenters. The van der Waals surface area contributed by atoms with Gasteiger partial charge in [0, 0.05) is 36.1 Å². The highest BCUT2D eigenvalue weighted by Gasteiger charge is 2.24. The number of rotatable bonds is 5. The fourth-order valence-electron chi connectivity index (χ4n) is 1.78. The quantitative estimate of drug-likeness (QED) is 0.693. The van der Waals surface area contributed by atoms with E-state index in [1.54, 1.807) is 0 Å². The van der Waals surface area contributed by atoms with Gasteiger partial charge < -0.3 is 4.90 Å². The van der Waals surface area contributed by atoms with E-state index in [0.29, 0.717) is 18.7 Å². The minimum absolute atomic E-state index is 0.169. The fraction of sp³-hybridized carbons (Fsp3) is 0.900. The number of carbonyl (C=O) groups excluding carboxylic acids is 1. The Morgan fingerprint density at radius 2 is 2.21 bits per heavy atom. The average molecular weight is 217 g/mol. The molecular formula is C10H19NO2S. The molecule has 82 valence electrons. The first-order valence-corrected chi connectivity index (χ1v) is 6.72. The van der Waals surface area contributed by atoms with E-state index in [1.165, 1.54) is 0 Å². The van der Waals surface area contributed by atoms with Crippen LogP contribution in [0.5, 0.6) is 0 Å². The average Bonchev–Trinajstić information content (AvgIpc) is 2.59. The van der Waals surface area contributed by atoms with Gasteiger partial charge in [-0.25, -0.2) is 0 Å². The summed E-state index contributed by atoms with van der Waals surface area (Å²) in [5, 5.41) is 0.169. The summed E-state index contributed by atoms with van der Waals surface area (Å²) < 4.78 is 11.6. The zero-order valence-corrected chi connectivity index (χ0v) is 9.81. The third-order valence-electron chi connectivity index (χ3n) is 2.71. The first-order chi connectivity index (χ1) is 6.69. The number of hydrogen-bond acceptors (Lipinski definition) is 2. The standard InChI is InChI=1S/C10H19NO2S/c1-3-9(14(13)4-2)8-11-7-5-6-10(11)12/h9H,3-8H2,1-2H3. The van der Waals surface area contributed by atoms with Gasteiger partial charge in [-0.1, -0.05) is 13.8 Å². The van der Waals surface area contributed by atoms with E-state index < -0.39 is 10.8 Å². The predicted molar refractivity (Wildman–Crippen MR) is 58.6 cm³/mol. The van der Waals surface area contributed by atoms with Gasteiger partial charge in [-0.2, -0.15) is 0 Å². The van der Waals surface area contributed by atoms with Crippen LogP contribution in [0.4, 0.5) is 0 Å². The van der Waals surface area contributed by atoms with Gasteiger partial charge >= 0.3 is 0 Å². The molecule has 0 aromatic heterocycles. The molecule has 1 rings (SSSR count). The van der Waals surface area contributed by atoms with Gasteiger partial charge in [-0.15, -0.1) is 0 Å². The van der Waals surface area contributed by atoms with Crippen molar-refractivity contribution in [3.8, 4) is 0 Å². The summed E-state index contributed by atoms with van der Waals surface area (Å²) in [7, 11) is -0.770. The molecule has 0 saturated carbocycles. The van der Waals surface area contributed by atoms with E-state index in [2.05, 4.69) is 0 Å². The van der Waals surface area contributed by atoms with Crippen molar-refractivity contribution in [3.63, 3.8) is 0 Å². The normalized spacial score (nSPS) is 21.3. The Morgan fingerprint density at radius 1 is 1.50 bits per heavy atom. The van der Waals surface area contributed by atoms with Crippen LogP contribution in [0.25, 0.3) is 0 Å². The number of amides is 1. The molecule has 1 amide bonds. The molecule has 1 saturated heterocycles. The number of carbonyl (C=O) groups is 1. The van der Waals surface area contributed by atoms with Gasteiger partial charge in [0.1, 0.15) is 0 Å². The molecule has 4 heteroatoms. The lowest BCUT2D eigenvalue weighted by Gasteiger charge is -2.21. The van der Waals surface area contributed by atoms with Gasteiger partial charge in [0.2, 0.25) is 5.91 Å². The first kappa shape index (κ1) is 11.7. The van der Waals surface area contributed by atoms with Gasteiger partial charge in [-0.3, -0.25) is 9.00 Å². The maximum Gasteiger partial charge on any atom is 0.222 e. The lowest BCUT2D eigenvalue weighted by atomic mass is 10.3. The molecule has 1 fully saturated rings. The molecule has 0 spiro atoms. The van der Waals surface area contributed by atoms with Crippen LogP contribution in [0.2, 0.25) is 0 Å². The Labute approximate surface area is 88.3 Å². The van der Waals surface area contributed by atoms with Gasteiger partial charge in [0.25, 0.3) is 0 Å². The minimum atomic E-state index is -0.770. The molecule has 0 aliphatic carbocycles. The number of nitrogens with zero attached hydrogens (tertiary/aromatic N) is 1. The number of hydrogen-bond donors (Lipinski definition) is 0. The molecule has 1 aliphatic rings. The third-order valence-corrected chi connectivity index (χ3v) is 4.50. The van der Waals surface area contributed by atoms with E-state index in [0.717, 1.165) is 19.4 Å². The second kappa shape index (κ2) is 5.49. The lowest BCUT2D eigenvalue weighted by molar-refractivity contribution is -0.127. The third kappa shape index (κ3) is 2.80. The molecule has 0 N–H and O–H groups in total. The maximum absolute atomic E-state index is 11.6. The Kier molecular flexibility index (Phi) is 4.58. The smallest absolute Gasteiger partial charge is 0.222 e. The van der Waals surface area contributed by atoms with Crippen LogP contribution in [0.15, 0.2) is 0 Å². The minimum Gasteiger partial charge on any atom is -0.341 e. The van der Waals surface area contributed by atoms with Crippen molar-refractivity contribution < 1.29 is 9.00 Å². The van der Waals surface area contributed by atoms with Crippen molar-refractivity contribution in [1.82, 2.24) is 4.90 Å². The zero-order chi connectivity index (χ0) is 10.6. The Balaban J connectivity index is 2.47. The Bertz CT molecular complexity index is 230. The molecule has 2 atom stereocenters. The molecule has 1 heterocycles. The summed E-state index contributed by atoms with van der Waals surface area (Å²) >= 11 is 0. The van der Waals surface area contributed by atoms with Crippen LogP contribution in [0.3, 0.4) is 0 Å². The summed E-state index contributed by atoms with van der Waals surface area (Å²) in [6.07, 6.45) is 2.54. The fourth-order valence-corrected chi connectivity index (χ4v) is 2.97. The van der Waals surface area contributed by atoms with Crippen molar-refractivity contribution in [2.45, 2.75) is 38.4 Å². The summed E-state index contributed by atoms with van der Waals surface area (Å²) in [5.74, 6) is 0.928. The molecule has 3 nitrogen and oxygen atoms in total. The van der Waals surface area contributed by atoms with Crippen LogP contribution < -0.4 is 0 Å². The highest BCUT2D eigenvalue weighted by molar-refractivity contribution is 7.85. The highest BCUT2D eigenvalue weighted by atomic mass is 32.2. The van der Waals surface area contributed by atoms with Crippen molar-refractivity contribution in [2.75, 3.05) is 18.8 Å². The largest absolute Gasteiger partial charge is 0.341 e. The molecule has 0 bridgehead atoms. The second-order valence-electron chi connectivity index (χ2n) is 3.64. The Morgan fingerprint density at radius 3 is 2.64 bits per heavy atom. The van der Waals surface area contributed by atoms with Gasteiger partial charge in [0.05, 0.1) is 5.25 Å². The van der Waals surface area contributed by atoms with E-state index in [9.17, 15) is 9.00 Å². The summed E-state index contributed by atoms with van der Waals surface area (Å²) in [6, 6.07) is 0. The van der Waals surface area contributed by atoms with E-state index >= 15 is 0 Å². The van der Waals surface area contributed by atoms with Crippen LogP contribution in [0.1, 0.15) is 33.1 Å². The molecule has 0 aromatic rings. The summed E-state index contributed by atoms with van der Waals surface area (Å²) in [6.45, 7) is 5.52. The topological polar surface area (TPSA) is 37.4 Å². The molecular weight excluding hydrogens is 198 g/mol. The van der Waals surface area contributed by atoms with Crippen LogP contribution in [-0.4, -0.2) is 39.1 Å². The van der Waals surface area contributed by atoms with Crippen molar-refractivity contribution >= 4 is 16.7 Å². The lowest BCUT2D eigenvalue weighted by Crippen LogP contribution is -2.35. The van der Waals surface area contributed by atoms with Crippen LogP contribution >= 0.6 is 0 Å². The van der Waals surface area contributed by atoms with Crippen LogP contribution in [-0.2, 0) is 15.6 Å². The van der Waals surface area contributed by atoms with Gasteiger partial charge in [-0.05, 0) is 12.8 Å². The highest BCUT2D eigenvalue weighted by Crippen LogP contribution is 2.13. The molecule has 14 heavy (non-hydrogen) atoms. The molecule has 1 aliphatic heterocycles. The van der Waals surface area contributed by atoms with E-state index in [4.69, 9.17) is 0 Å². The Hall–Kier alpha value is -0.380. The van der Waals surface area contributed by atoms with Crippen molar-refractivity contribution in [1.29, 1.82) is 0 Å². The van der Waals surface area contributed by atoms with Crippen molar-refractivity contribution in [2.24, 2.45) is 0 Å². The number of likely N-dealkylation sites (tertiary alicyclic amines) is 1. The van der Waals surface area contributed by atoms with E-state index in [1.807, 2.05) is 18.7 Å². The first-order valence-electron chi connectivity index (χ1n) is 5.34. The predicted octanol–water partition coefficient (Wildman–Crippen LogP) is 1.16. The molecule has 0 radical (unpaired) electrons. The van der Waals surface area contributed by atoms with E-state index in [-0.39, 0.29) is 11.2 Å². The van der Waals surface area contributed by atoms with Crippen molar-refractivity contribution in [3.05, 3.63) is 0 Å². The molecule has 0 aromatic carbocycles. The maximum atomic E-state index is 11.6. The second-order valence-corrected chi connectivity index (χ2v) is 5.65.